The molecule has 4 amide bonds. The number of anilines is 1. The number of hydrogen-bond acceptors (Lipinski definition) is 5. The first-order valence-electron chi connectivity index (χ1n) is 10.1. The predicted octanol–water partition coefficient (Wildman–Crippen LogP) is 2.47. The van der Waals surface area contributed by atoms with E-state index in [-0.39, 0.29) is 18.2 Å². The molecule has 0 bridgehead atoms. The number of nitrogens with zero attached hydrogens (tertiary/aromatic N) is 2. The molecular formula is C23H23N3O5. The minimum atomic E-state index is -1.29. The molecule has 0 aromatic heterocycles. The number of hydrogen-bond donors (Lipinski definition) is 1. The standard InChI is InChI=1S/C23H23N3O5/c1-23(16-5-3-6-18(13-16)31-2)21(29)26(22(30)24-23)14-19(27)15-8-10-17(11-9-15)25-12-4-7-20(25)28/h3,5-6,8-11,13H,4,7,12,14H2,1-2H3,(H,24,30)/t23-/m0/s1. The van der Waals surface area contributed by atoms with Crippen LogP contribution in [0.3, 0.4) is 0 Å². The lowest BCUT2D eigenvalue weighted by Crippen LogP contribution is -2.41. The van der Waals surface area contributed by atoms with Crippen molar-refractivity contribution in [3.63, 3.8) is 0 Å². The molecule has 8 heteroatoms. The molecule has 2 aromatic rings. The number of urea groups is 1. The zero-order valence-electron chi connectivity index (χ0n) is 17.4. The Hall–Kier alpha value is -3.68. The Bertz CT molecular complexity index is 1070. The first-order chi connectivity index (χ1) is 14.8. The van der Waals surface area contributed by atoms with Crippen molar-refractivity contribution in [2.24, 2.45) is 0 Å². The van der Waals surface area contributed by atoms with Crippen LogP contribution in [0.25, 0.3) is 0 Å². The van der Waals surface area contributed by atoms with Crippen LogP contribution in [0.2, 0.25) is 0 Å². The Morgan fingerprint density at radius 2 is 1.87 bits per heavy atom. The van der Waals surface area contributed by atoms with E-state index in [9.17, 15) is 19.2 Å². The van der Waals surface area contributed by atoms with Crippen molar-refractivity contribution in [2.45, 2.75) is 25.3 Å². The number of rotatable bonds is 6. The Kier molecular flexibility index (Phi) is 5.22. The van der Waals surface area contributed by atoms with E-state index in [1.165, 1.54) is 7.11 Å². The topological polar surface area (TPSA) is 96.0 Å². The maximum absolute atomic E-state index is 13.1. The lowest BCUT2D eigenvalue weighted by Gasteiger charge is -2.22. The summed E-state index contributed by atoms with van der Waals surface area (Å²) in [7, 11) is 1.52. The van der Waals surface area contributed by atoms with Crippen molar-refractivity contribution < 1.29 is 23.9 Å². The number of benzene rings is 2. The van der Waals surface area contributed by atoms with Gasteiger partial charge in [-0.3, -0.25) is 19.3 Å². The molecule has 1 N–H and O–H groups in total. The van der Waals surface area contributed by atoms with Gasteiger partial charge >= 0.3 is 6.03 Å². The molecule has 0 radical (unpaired) electrons. The van der Waals surface area contributed by atoms with Gasteiger partial charge in [-0.1, -0.05) is 12.1 Å². The number of Topliss-reactive ketones (excluding diaryl/α,β-unsaturated/α-hetero) is 1. The van der Waals surface area contributed by atoms with Crippen LogP contribution in [-0.2, 0) is 15.1 Å². The summed E-state index contributed by atoms with van der Waals surface area (Å²) in [4.78, 5) is 52.9. The van der Waals surface area contributed by atoms with E-state index >= 15 is 0 Å². The van der Waals surface area contributed by atoms with Crippen LogP contribution in [0, 0.1) is 0 Å². The van der Waals surface area contributed by atoms with E-state index in [1.54, 1.807) is 60.4 Å². The molecular weight excluding hydrogens is 398 g/mol. The number of nitrogens with one attached hydrogen (secondary N) is 1. The van der Waals surface area contributed by atoms with Gasteiger partial charge < -0.3 is 15.0 Å². The second-order valence-corrected chi connectivity index (χ2v) is 7.80. The van der Waals surface area contributed by atoms with Crippen molar-refractivity contribution in [3.8, 4) is 5.75 Å². The monoisotopic (exact) mass is 421 g/mol. The van der Waals surface area contributed by atoms with Gasteiger partial charge in [-0.15, -0.1) is 0 Å². The molecule has 160 valence electrons. The quantitative estimate of drug-likeness (QED) is 0.571. The zero-order valence-corrected chi connectivity index (χ0v) is 17.4. The molecule has 2 fully saturated rings. The molecule has 2 aliphatic heterocycles. The third-order valence-electron chi connectivity index (χ3n) is 5.80. The van der Waals surface area contributed by atoms with E-state index in [2.05, 4.69) is 5.32 Å². The molecule has 0 unspecified atom stereocenters. The van der Waals surface area contributed by atoms with Crippen LogP contribution < -0.4 is 15.0 Å². The fourth-order valence-electron chi connectivity index (χ4n) is 3.95. The summed E-state index contributed by atoms with van der Waals surface area (Å²) >= 11 is 0. The first kappa shape index (κ1) is 20.6. The molecule has 0 spiro atoms. The van der Waals surface area contributed by atoms with Crippen LogP contribution in [0.15, 0.2) is 48.5 Å². The Morgan fingerprint density at radius 1 is 1.13 bits per heavy atom. The van der Waals surface area contributed by atoms with Gasteiger partial charge in [0.2, 0.25) is 5.91 Å². The van der Waals surface area contributed by atoms with Crippen molar-refractivity contribution >= 4 is 29.3 Å². The molecule has 2 aliphatic rings. The fourth-order valence-corrected chi connectivity index (χ4v) is 3.95. The van der Waals surface area contributed by atoms with Gasteiger partial charge in [0.1, 0.15) is 11.3 Å². The largest absolute Gasteiger partial charge is 0.497 e. The van der Waals surface area contributed by atoms with Gasteiger partial charge in [-0.25, -0.2) is 4.79 Å². The Morgan fingerprint density at radius 3 is 2.52 bits per heavy atom. The molecule has 0 saturated carbocycles. The highest BCUT2D eigenvalue weighted by atomic mass is 16.5. The van der Waals surface area contributed by atoms with Gasteiger partial charge in [-0.2, -0.15) is 0 Å². The molecule has 4 rings (SSSR count). The van der Waals surface area contributed by atoms with Gasteiger partial charge in [0.25, 0.3) is 5.91 Å². The highest BCUT2D eigenvalue weighted by Gasteiger charge is 2.49. The third-order valence-corrected chi connectivity index (χ3v) is 5.80. The average molecular weight is 421 g/mol. The first-order valence-corrected chi connectivity index (χ1v) is 10.1. The zero-order chi connectivity index (χ0) is 22.2. The summed E-state index contributed by atoms with van der Waals surface area (Å²) in [5.74, 6) is -0.238. The molecule has 0 aliphatic carbocycles. The smallest absolute Gasteiger partial charge is 0.325 e. The molecule has 31 heavy (non-hydrogen) atoms. The van der Waals surface area contributed by atoms with Gasteiger partial charge in [0, 0.05) is 24.2 Å². The third kappa shape index (κ3) is 3.65. The van der Waals surface area contributed by atoms with Crippen LogP contribution in [0.1, 0.15) is 35.7 Å². The lowest BCUT2D eigenvalue weighted by molar-refractivity contribution is -0.130. The van der Waals surface area contributed by atoms with Gasteiger partial charge in [-0.05, 0) is 55.3 Å². The summed E-state index contributed by atoms with van der Waals surface area (Å²) < 4.78 is 5.21. The minimum Gasteiger partial charge on any atom is -0.497 e. The molecule has 2 aromatic carbocycles. The number of carbonyl (C=O) groups excluding carboxylic acids is 4. The maximum Gasteiger partial charge on any atom is 0.325 e. The van der Waals surface area contributed by atoms with E-state index in [4.69, 9.17) is 4.74 Å². The maximum atomic E-state index is 13.1. The summed E-state index contributed by atoms with van der Waals surface area (Å²) in [6.45, 7) is 1.90. The van der Waals surface area contributed by atoms with Crippen molar-refractivity contribution in [2.75, 3.05) is 25.1 Å². The second kappa shape index (κ2) is 7.86. The van der Waals surface area contributed by atoms with E-state index in [0.29, 0.717) is 29.8 Å². The van der Waals surface area contributed by atoms with Crippen molar-refractivity contribution in [1.29, 1.82) is 0 Å². The van der Waals surface area contributed by atoms with Gasteiger partial charge in [0.05, 0.1) is 13.7 Å². The van der Waals surface area contributed by atoms with Crippen LogP contribution in [0.5, 0.6) is 5.75 Å². The number of ketones is 1. The summed E-state index contributed by atoms with van der Waals surface area (Å²) in [6.07, 6.45) is 1.34. The summed E-state index contributed by atoms with van der Waals surface area (Å²) in [5, 5.41) is 2.69. The molecule has 1 atom stereocenters. The van der Waals surface area contributed by atoms with E-state index in [1.807, 2.05) is 0 Å². The number of methoxy groups -OCH3 is 1. The fraction of sp³-hybridized carbons (Fsp3) is 0.304. The SMILES string of the molecule is COc1cccc([C@]2(C)NC(=O)N(CC(=O)c3ccc(N4CCCC4=O)cc3)C2=O)c1. The van der Waals surface area contributed by atoms with Crippen LogP contribution >= 0.6 is 0 Å². The summed E-state index contributed by atoms with van der Waals surface area (Å²) in [5.41, 5.74) is 0.386. The van der Waals surface area contributed by atoms with Gasteiger partial charge in [0.15, 0.2) is 5.78 Å². The molecule has 2 heterocycles. The molecule has 2 saturated heterocycles. The number of imide groups is 1. The highest BCUT2D eigenvalue weighted by Crippen LogP contribution is 2.31. The Labute approximate surface area is 179 Å². The van der Waals surface area contributed by atoms with E-state index < -0.39 is 17.5 Å². The van der Waals surface area contributed by atoms with Crippen molar-refractivity contribution in [3.05, 3.63) is 59.7 Å². The van der Waals surface area contributed by atoms with Crippen LogP contribution in [0.4, 0.5) is 10.5 Å². The number of carbonyl (C=O) groups is 4. The highest BCUT2D eigenvalue weighted by molar-refractivity contribution is 6.11. The van der Waals surface area contributed by atoms with E-state index in [0.717, 1.165) is 17.0 Å². The number of amides is 4. The normalized spacial score (nSPS) is 20.9. The van der Waals surface area contributed by atoms with Crippen molar-refractivity contribution in [1.82, 2.24) is 10.2 Å². The second-order valence-electron chi connectivity index (χ2n) is 7.80. The van der Waals surface area contributed by atoms with Crippen LogP contribution in [-0.4, -0.2) is 48.7 Å². The predicted molar refractivity (Wildman–Crippen MR) is 113 cm³/mol. The average Bonchev–Trinajstić information content (AvgIpc) is 3.30. The summed E-state index contributed by atoms with van der Waals surface area (Å²) in [6, 6.07) is 12.9. The molecule has 8 nitrogen and oxygen atoms in total. The Balaban J connectivity index is 1.50. The number of ether oxygens (including phenoxy) is 1. The lowest BCUT2D eigenvalue weighted by atomic mass is 9.92. The minimum absolute atomic E-state index is 0.0650.